The van der Waals surface area contributed by atoms with E-state index in [9.17, 15) is 4.39 Å². The van der Waals surface area contributed by atoms with Crippen LogP contribution in [0.1, 0.15) is 30.5 Å². The number of hydrogen-bond donors (Lipinski definition) is 1. The van der Waals surface area contributed by atoms with Gasteiger partial charge in [-0.3, -0.25) is 0 Å². The Hall–Kier alpha value is -0.420. The van der Waals surface area contributed by atoms with Gasteiger partial charge >= 0.3 is 0 Å². The second-order valence-electron chi connectivity index (χ2n) is 4.73. The molecule has 0 spiro atoms. The molecule has 0 saturated heterocycles. The van der Waals surface area contributed by atoms with Crippen molar-refractivity contribution in [2.45, 2.75) is 19.4 Å². The zero-order valence-electron chi connectivity index (χ0n) is 11.5. The van der Waals surface area contributed by atoms with Crippen LogP contribution >= 0.6 is 43.5 Å². The molecule has 1 N–H and O–H groups in total. The second kappa shape index (κ2) is 7.73. The fraction of sp³-hybridized carbons (Fsp3) is 0.250. The molecule has 0 aliphatic carbocycles. The molecule has 0 radical (unpaired) electrons. The van der Waals surface area contributed by atoms with Crippen LogP contribution in [-0.2, 0) is 0 Å². The monoisotopic (exact) mass is 433 g/mol. The van der Waals surface area contributed by atoms with E-state index in [0.29, 0.717) is 15.1 Å². The lowest BCUT2D eigenvalue weighted by molar-refractivity contribution is 0.543. The molecular formula is C16H15Br2ClFN. The second-order valence-corrected chi connectivity index (χ2v) is 6.94. The summed E-state index contributed by atoms with van der Waals surface area (Å²) in [5.41, 5.74) is 1.53. The maximum atomic E-state index is 14.4. The Morgan fingerprint density at radius 3 is 2.67 bits per heavy atom. The van der Waals surface area contributed by atoms with Crippen molar-refractivity contribution >= 4 is 43.5 Å². The van der Waals surface area contributed by atoms with Crippen LogP contribution in [0, 0.1) is 5.82 Å². The van der Waals surface area contributed by atoms with Gasteiger partial charge in [-0.05, 0) is 58.7 Å². The molecule has 2 aromatic rings. The third-order valence-corrected chi connectivity index (χ3v) is 4.40. The molecule has 1 nitrogen and oxygen atoms in total. The molecule has 5 heteroatoms. The fourth-order valence-corrected chi connectivity index (χ4v) is 3.45. The number of nitrogens with one attached hydrogen (secondary N) is 1. The minimum atomic E-state index is -0.248. The van der Waals surface area contributed by atoms with E-state index in [-0.39, 0.29) is 11.9 Å². The highest BCUT2D eigenvalue weighted by Crippen LogP contribution is 2.31. The van der Waals surface area contributed by atoms with Crippen molar-refractivity contribution in [2.75, 3.05) is 6.54 Å². The minimum absolute atomic E-state index is 0.238. The number of halogens is 4. The van der Waals surface area contributed by atoms with Crippen molar-refractivity contribution in [1.82, 2.24) is 5.32 Å². The summed E-state index contributed by atoms with van der Waals surface area (Å²) < 4.78 is 15.8. The highest BCUT2D eigenvalue weighted by molar-refractivity contribution is 9.10. The van der Waals surface area contributed by atoms with E-state index in [1.165, 1.54) is 0 Å². The Balaban J connectivity index is 2.49. The van der Waals surface area contributed by atoms with E-state index in [1.807, 2.05) is 24.3 Å². The smallest absolute Gasteiger partial charge is 0.142 e. The molecule has 1 atom stereocenters. The first-order valence-electron chi connectivity index (χ1n) is 6.66. The summed E-state index contributed by atoms with van der Waals surface area (Å²) in [6, 6.07) is 10.7. The Kier molecular flexibility index (Phi) is 6.23. The number of rotatable bonds is 5. The summed E-state index contributed by atoms with van der Waals surface area (Å²) in [5.74, 6) is -0.248. The van der Waals surface area contributed by atoms with Crippen molar-refractivity contribution in [1.29, 1.82) is 0 Å². The summed E-state index contributed by atoms with van der Waals surface area (Å²) in [5, 5.41) is 4.01. The predicted molar refractivity (Wildman–Crippen MR) is 93.4 cm³/mol. The third-order valence-electron chi connectivity index (χ3n) is 3.11. The quantitative estimate of drug-likeness (QED) is 0.599. The summed E-state index contributed by atoms with van der Waals surface area (Å²) in [6.45, 7) is 2.87. The zero-order chi connectivity index (χ0) is 15.4. The molecule has 0 heterocycles. The summed E-state index contributed by atoms with van der Waals surface area (Å²) >= 11 is 12.8. The van der Waals surface area contributed by atoms with Crippen molar-refractivity contribution in [3.8, 4) is 0 Å². The Bertz CT molecular complexity index is 613. The number of benzene rings is 2. The van der Waals surface area contributed by atoms with Gasteiger partial charge < -0.3 is 5.32 Å². The lowest BCUT2D eigenvalue weighted by Crippen LogP contribution is -2.24. The van der Waals surface area contributed by atoms with Crippen LogP contribution in [0.4, 0.5) is 4.39 Å². The van der Waals surface area contributed by atoms with Crippen LogP contribution in [0.2, 0.25) is 5.02 Å². The normalized spacial score (nSPS) is 12.4. The standard InChI is InChI=1S/C16H15Br2ClFN/c1-2-6-21-16(10-7-11(17)9-12(19)8-10)13-4-3-5-14(18)15(13)20/h3-5,7-9,16,21H,2,6H2,1H3. The van der Waals surface area contributed by atoms with Gasteiger partial charge in [-0.2, -0.15) is 0 Å². The molecular weight excluding hydrogens is 420 g/mol. The molecule has 0 aliphatic heterocycles. The van der Waals surface area contributed by atoms with Crippen LogP contribution in [-0.4, -0.2) is 6.54 Å². The molecule has 1 unspecified atom stereocenters. The van der Waals surface area contributed by atoms with E-state index in [0.717, 1.165) is 23.0 Å². The van der Waals surface area contributed by atoms with Gasteiger partial charge in [-0.15, -0.1) is 0 Å². The van der Waals surface area contributed by atoms with Gasteiger partial charge in [0.05, 0.1) is 10.5 Å². The summed E-state index contributed by atoms with van der Waals surface area (Å²) in [6.07, 6.45) is 0.966. The van der Waals surface area contributed by atoms with E-state index in [4.69, 9.17) is 11.6 Å². The highest BCUT2D eigenvalue weighted by atomic mass is 79.9. The molecule has 2 aromatic carbocycles. The Morgan fingerprint density at radius 2 is 2.00 bits per heavy atom. The first-order chi connectivity index (χ1) is 10.0. The van der Waals surface area contributed by atoms with Crippen molar-refractivity contribution in [2.24, 2.45) is 0 Å². The molecule has 112 valence electrons. The first kappa shape index (κ1) is 16.9. The molecule has 0 amide bonds. The Morgan fingerprint density at radius 1 is 1.24 bits per heavy atom. The maximum absolute atomic E-state index is 14.4. The van der Waals surface area contributed by atoms with Gasteiger partial charge in [-0.1, -0.05) is 46.6 Å². The van der Waals surface area contributed by atoms with Gasteiger partial charge in [0.25, 0.3) is 0 Å². The van der Waals surface area contributed by atoms with E-state index < -0.39 is 0 Å². The van der Waals surface area contributed by atoms with Gasteiger partial charge in [0, 0.05) is 15.1 Å². The summed E-state index contributed by atoms with van der Waals surface area (Å²) in [7, 11) is 0. The topological polar surface area (TPSA) is 12.0 Å². The molecule has 0 fully saturated rings. The Labute approximate surface area is 146 Å². The molecule has 0 saturated carbocycles. The van der Waals surface area contributed by atoms with Gasteiger partial charge in [0.15, 0.2) is 0 Å². The van der Waals surface area contributed by atoms with Crippen LogP contribution in [0.5, 0.6) is 0 Å². The number of hydrogen-bond acceptors (Lipinski definition) is 1. The lowest BCUT2D eigenvalue weighted by Gasteiger charge is -2.21. The van der Waals surface area contributed by atoms with Crippen LogP contribution in [0.3, 0.4) is 0 Å². The SMILES string of the molecule is CCCNC(c1cc(Cl)cc(Br)c1)c1cccc(Br)c1F. The van der Waals surface area contributed by atoms with Crippen LogP contribution < -0.4 is 5.32 Å². The highest BCUT2D eigenvalue weighted by Gasteiger charge is 2.19. The first-order valence-corrected chi connectivity index (χ1v) is 8.62. The van der Waals surface area contributed by atoms with Crippen molar-refractivity contribution in [3.63, 3.8) is 0 Å². The lowest BCUT2D eigenvalue weighted by atomic mass is 9.98. The average Bonchev–Trinajstić information content (AvgIpc) is 2.42. The van der Waals surface area contributed by atoms with Crippen LogP contribution in [0.25, 0.3) is 0 Å². The summed E-state index contributed by atoms with van der Waals surface area (Å²) in [4.78, 5) is 0. The largest absolute Gasteiger partial charge is 0.306 e. The van der Waals surface area contributed by atoms with Crippen LogP contribution in [0.15, 0.2) is 45.3 Å². The van der Waals surface area contributed by atoms with E-state index >= 15 is 0 Å². The zero-order valence-corrected chi connectivity index (χ0v) is 15.4. The molecule has 0 aliphatic rings. The molecule has 0 aromatic heterocycles. The van der Waals surface area contributed by atoms with E-state index in [2.05, 4.69) is 44.1 Å². The predicted octanol–water partition coefficient (Wildman–Crippen LogP) is 6.09. The van der Waals surface area contributed by atoms with Crippen molar-refractivity contribution in [3.05, 3.63) is 67.3 Å². The van der Waals surface area contributed by atoms with Gasteiger partial charge in [0.1, 0.15) is 5.82 Å². The maximum Gasteiger partial charge on any atom is 0.142 e. The molecule has 21 heavy (non-hydrogen) atoms. The fourth-order valence-electron chi connectivity index (χ4n) is 2.18. The molecule has 2 rings (SSSR count). The average molecular weight is 436 g/mol. The minimum Gasteiger partial charge on any atom is -0.306 e. The van der Waals surface area contributed by atoms with Crippen molar-refractivity contribution < 1.29 is 4.39 Å². The third kappa shape index (κ3) is 4.28. The van der Waals surface area contributed by atoms with Gasteiger partial charge in [0.2, 0.25) is 0 Å². The molecule has 0 bridgehead atoms. The van der Waals surface area contributed by atoms with E-state index in [1.54, 1.807) is 12.1 Å². The van der Waals surface area contributed by atoms with Gasteiger partial charge in [-0.25, -0.2) is 4.39 Å².